The monoisotopic (exact) mass is 332 g/mol. The standard InChI is InChI=1S/C16H16N2O4S/c1-10(19)11-8-14(17-9-11)16(20)18-13-6-7-23(21,22)15-5-3-2-4-12(13)15/h2-5,8-9,13,17H,6-7H2,1H3,(H,18,20)/t13-/m0/s1. The number of sulfone groups is 1. The van der Waals surface area contributed by atoms with Crippen LogP contribution in [0.15, 0.2) is 41.4 Å². The molecule has 0 saturated heterocycles. The van der Waals surface area contributed by atoms with Gasteiger partial charge >= 0.3 is 0 Å². The zero-order chi connectivity index (χ0) is 16.6. The normalized spacial score (nSPS) is 18.9. The van der Waals surface area contributed by atoms with Gasteiger partial charge in [-0.25, -0.2) is 8.42 Å². The minimum Gasteiger partial charge on any atom is -0.356 e. The molecule has 0 spiro atoms. The molecule has 1 aromatic heterocycles. The van der Waals surface area contributed by atoms with Gasteiger partial charge in [0.1, 0.15) is 5.69 Å². The van der Waals surface area contributed by atoms with Gasteiger partial charge < -0.3 is 10.3 Å². The number of amides is 1. The van der Waals surface area contributed by atoms with Crippen LogP contribution >= 0.6 is 0 Å². The lowest BCUT2D eigenvalue weighted by atomic mass is 10.0. The third-order valence-electron chi connectivity index (χ3n) is 3.94. The van der Waals surface area contributed by atoms with Crippen LogP contribution in [0.1, 0.15) is 45.8 Å². The van der Waals surface area contributed by atoms with Crippen LogP contribution in [0.25, 0.3) is 0 Å². The first kappa shape index (κ1) is 15.5. The maximum absolute atomic E-state index is 12.3. The average Bonchev–Trinajstić information content (AvgIpc) is 3.01. The highest BCUT2D eigenvalue weighted by atomic mass is 32.2. The molecule has 1 atom stereocenters. The fraction of sp³-hybridized carbons (Fsp3) is 0.250. The van der Waals surface area contributed by atoms with Crippen molar-refractivity contribution in [1.82, 2.24) is 10.3 Å². The van der Waals surface area contributed by atoms with E-state index in [9.17, 15) is 18.0 Å². The molecule has 120 valence electrons. The quantitative estimate of drug-likeness (QED) is 0.839. The van der Waals surface area contributed by atoms with E-state index >= 15 is 0 Å². The maximum atomic E-state index is 12.3. The summed E-state index contributed by atoms with van der Waals surface area (Å²) in [5.41, 5.74) is 1.31. The SMILES string of the molecule is CC(=O)c1c[nH]c(C(=O)N[C@H]2CCS(=O)(=O)c3ccccc32)c1. The van der Waals surface area contributed by atoms with Gasteiger partial charge in [-0.2, -0.15) is 0 Å². The third kappa shape index (κ3) is 2.92. The molecular weight excluding hydrogens is 316 g/mol. The summed E-state index contributed by atoms with van der Waals surface area (Å²) in [5, 5.41) is 2.84. The van der Waals surface area contributed by atoms with Gasteiger partial charge in [-0.3, -0.25) is 9.59 Å². The summed E-state index contributed by atoms with van der Waals surface area (Å²) >= 11 is 0. The Morgan fingerprint density at radius 3 is 2.70 bits per heavy atom. The zero-order valence-electron chi connectivity index (χ0n) is 12.5. The van der Waals surface area contributed by atoms with Gasteiger partial charge in [-0.1, -0.05) is 18.2 Å². The van der Waals surface area contributed by atoms with Gasteiger partial charge in [-0.05, 0) is 31.0 Å². The van der Waals surface area contributed by atoms with Crippen molar-refractivity contribution in [2.75, 3.05) is 5.75 Å². The number of Topliss-reactive ketones (excluding diaryl/α,β-unsaturated/α-hetero) is 1. The lowest BCUT2D eigenvalue weighted by molar-refractivity contribution is 0.0930. The van der Waals surface area contributed by atoms with Crippen molar-refractivity contribution in [3.05, 3.63) is 53.3 Å². The van der Waals surface area contributed by atoms with Crippen molar-refractivity contribution in [2.45, 2.75) is 24.3 Å². The van der Waals surface area contributed by atoms with Gasteiger partial charge in [0.2, 0.25) is 0 Å². The molecule has 0 unspecified atom stereocenters. The molecule has 2 N–H and O–H groups in total. The lowest BCUT2D eigenvalue weighted by Gasteiger charge is -2.26. The van der Waals surface area contributed by atoms with Crippen LogP contribution in [0.4, 0.5) is 0 Å². The number of aromatic amines is 1. The van der Waals surface area contributed by atoms with Gasteiger partial charge in [0.05, 0.1) is 16.7 Å². The molecule has 6 nitrogen and oxygen atoms in total. The summed E-state index contributed by atoms with van der Waals surface area (Å²) in [6.07, 6.45) is 1.81. The Morgan fingerprint density at radius 2 is 2.00 bits per heavy atom. The van der Waals surface area contributed by atoms with Gasteiger partial charge in [0.15, 0.2) is 15.6 Å². The van der Waals surface area contributed by atoms with Gasteiger partial charge in [0, 0.05) is 11.8 Å². The minimum atomic E-state index is -3.29. The predicted octanol–water partition coefficient (Wildman–Crippen LogP) is 1.87. The Balaban J connectivity index is 1.86. The molecule has 2 aromatic rings. The molecule has 1 aliphatic heterocycles. The zero-order valence-corrected chi connectivity index (χ0v) is 13.3. The highest BCUT2D eigenvalue weighted by molar-refractivity contribution is 7.91. The number of rotatable bonds is 3. The van der Waals surface area contributed by atoms with Gasteiger partial charge in [-0.15, -0.1) is 0 Å². The van der Waals surface area contributed by atoms with E-state index in [0.29, 0.717) is 17.5 Å². The molecule has 0 saturated carbocycles. The number of hydrogen-bond donors (Lipinski definition) is 2. The molecular formula is C16H16N2O4S. The number of nitrogens with one attached hydrogen (secondary N) is 2. The van der Waals surface area contributed by atoms with E-state index < -0.39 is 9.84 Å². The maximum Gasteiger partial charge on any atom is 0.268 e. The molecule has 3 rings (SSSR count). The van der Waals surface area contributed by atoms with Crippen molar-refractivity contribution >= 4 is 21.5 Å². The smallest absolute Gasteiger partial charge is 0.268 e. The Labute approximate surface area is 133 Å². The van der Waals surface area contributed by atoms with Crippen LogP contribution in [0, 0.1) is 0 Å². The first-order valence-electron chi connectivity index (χ1n) is 7.20. The summed E-state index contributed by atoms with van der Waals surface area (Å²) in [6, 6.07) is 7.82. The highest BCUT2D eigenvalue weighted by Gasteiger charge is 2.31. The number of hydrogen-bond acceptors (Lipinski definition) is 4. The number of benzene rings is 1. The Bertz CT molecular complexity index is 883. The summed E-state index contributed by atoms with van der Waals surface area (Å²) in [6.45, 7) is 1.42. The Morgan fingerprint density at radius 1 is 1.26 bits per heavy atom. The molecule has 0 fully saturated rings. The van der Waals surface area contributed by atoms with E-state index in [1.807, 2.05) is 0 Å². The summed E-state index contributed by atoms with van der Waals surface area (Å²) < 4.78 is 24.2. The first-order chi connectivity index (χ1) is 10.9. The van der Waals surface area contributed by atoms with Crippen molar-refractivity contribution in [2.24, 2.45) is 0 Å². The lowest BCUT2D eigenvalue weighted by Crippen LogP contribution is -2.34. The van der Waals surface area contributed by atoms with Crippen molar-refractivity contribution in [3.8, 4) is 0 Å². The van der Waals surface area contributed by atoms with Crippen LogP contribution < -0.4 is 5.32 Å². The minimum absolute atomic E-state index is 0.00161. The number of H-pyrrole nitrogens is 1. The molecule has 23 heavy (non-hydrogen) atoms. The molecule has 0 radical (unpaired) electrons. The second-order valence-electron chi connectivity index (χ2n) is 5.53. The molecule has 0 aliphatic carbocycles. The van der Waals surface area contributed by atoms with Crippen LogP contribution in [0.5, 0.6) is 0 Å². The van der Waals surface area contributed by atoms with E-state index in [0.717, 1.165) is 0 Å². The number of fused-ring (bicyclic) bond motifs is 1. The summed E-state index contributed by atoms with van der Waals surface area (Å²) in [7, 11) is -3.29. The van der Waals surface area contributed by atoms with Crippen LogP contribution in [-0.2, 0) is 9.84 Å². The first-order valence-corrected chi connectivity index (χ1v) is 8.85. The number of aromatic nitrogens is 1. The topological polar surface area (TPSA) is 96.1 Å². The molecule has 1 aromatic carbocycles. The average molecular weight is 332 g/mol. The van der Waals surface area contributed by atoms with E-state index in [-0.39, 0.29) is 34.1 Å². The molecule has 7 heteroatoms. The van der Waals surface area contributed by atoms with E-state index in [1.54, 1.807) is 24.3 Å². The van der Waals surface area contributed by atoms with Crippen LogP contribution in [0.2, 0.25) is 0 Å². The Kier molecular flexibility index (Phi) is 3.81. The third-order valence-corrected chi connectivity index (χ3v) is 5.76. The number of carbonyl (C=O) groups excluding carboxylic acids is 2. The molecule has 2 heterocycles. The highest BCUT2D eigenvalue weighted by Crippen LogP contribution is 2.32. The summed E-state index contributed by atoms with van der Waals surface area (Å²) in [4.78, 5) is 26.6. The second-order valence-corrected chi connectivity index (χ2v) is 7.61. The van der Waals surface area contributed by atoms with Gasteiger partial charge in [0.25, 0.3) is 5.91 Å². The molecule has 1 amide bonds. The van der Waals surface area contributed by atoms with Crippen LogP contribution in [-0.4, -0.2) is 30.8 Å². The Hall–Kier alpha value is -2.41. The fourth-order valence-corrected chi connectivity index (χ4v) is 4.33. The van der Waals surface area contributed by atoms with Crippen molar-refractivity contribution in [1.29, 1.82) is 0 Å². The van der Waals surface area contributed by atoms with E-state index in [1.165, 1.54) is 19.2 Å². The van der Waals surface area contributed by atoms with Crippen molar-refractivity contribution < 1.29 is 18.0 Å². The number of carbonyl (C=O) groups is 2. The van der Waals surface area contributed by atoms with E-state index in [2.05, 4.69) is 10.3 Å². The molecule has 0 bridgehead atoms. The summed E-state index contributed by atoms with van der Waals surface area (Å²) in [5.74, 6) is -0.496. The van der Waals surface area contributed by atoms with Crippen LogP contribution in [0.3, 0.4) is 0 Å². The second kappa shape index (κ2) is 5.66. The van der Waals surface area contributed by atoms with Crippen molar-refractivity contribution in [3.63, 3.8) is 0 Å². The predicted molar refractivity (Wildman–Crippen MR) is 84.1 cm³/mol. The van der Waals surface area contributed by atoms with E-state index in [4.69, 9.17) is 0 Å². The number of ketones is 1. The largest absolute Gasteiger partial charge is 0.356 e. The fourth-order valence-electron chi connectivity index (χ4n) is 2.70. The molecule has 1 aliphatic rings.